The van der Waals surface area contributed by atoms with Gasteiger partial charge in [-0.15, -0.1) is 0 Å². The third kappa shape index (κ3) is 13.1. The van der Waals surface area contributed by atoms with Gasteiger partial charge in [0.2, 0.25) is 0 Å². The minimum Gasteiger partial charge on any atom is -0.450 e. The molecule has 0 unspecified atom stereocenters. The first kappa shape index (κ1) is 18.6. The summed E-state index contributed by atoms with van der Waals surface area (Å²) >= 11 is 0. The Hall–Kier alpha value is -0.810. The number of carbonyl (C=O) groups excluding carboxylic acids is 1. The van der Waals surface area contributed by atoms with Crippen molar-refractivity contribution in [1.82, 2.24) is 10.2 Å². The Labute approximate surface area is 105 Å². The lowest BCUT2D eigenvalue weighted by Gasteiger charge is -2.19. The van der Waals surface area contributed by atoms with Crippen LogP contribution < -0.4 is 5.32 Å². The molecule has 0 saturated heterocycles. The summed E-state index contributed by atoms with van der Waals surface area (Å²) in [5.41, 5.74) is 0. The topological polar surface area (TPSA) is 50.8 Å². The van der Waals surface area contributed by atoms with Gasteiger partial charge < -0.3 is 19.7 Å². The molecule has 0 bridgehead atoms. The molecule has 5 nitrogen and oxygen atoms in total. The van der Waals surface area contributed by atoms with E-state index in [1.807, 2.05) is 20.9 Å². The Bertz CT molecular complexity index is 164. The number of hydrogen-bond donors (Lipinski definition) is 1. The Balaban J connectivity index is 0. The van der Waals surface area contributed by atoms with Crippen molar-refractivity contribution < 1.29 is 14.3 Å². The molecule has 1 amide bonds. The zero-order valence-corrected chi connectivity index (χ0v) is 11.9. The SMILES string of the molecule is CCCOC.CCOC(=O)N(CC)CCNC. The quantitative estimate of drug-likeness (QED) is 0.745. The predicted molar refractivity (Wildman–Crippen MR) is 70.4 cm³/mol. The second-order valence-corrected chi connectivity index (χ2v) is 3.37. The van der Waals surface area contributed by atoms with E-state index in [2.05, 4.69) is 12.2 Å². The molecule has 0 aliphatic carbocycles. The summed E-state index contributed by atoms with van der Waals surface area (Å²) in [6, 6.07) is 0. The number of nitrogens with one attached hydrogen (secondary N) is 1. The first-order chi connectivity index (χ1) is 8.17. The van der Waals surface area contributed by atoms with E-state index in [4.69, 9.17) is 9.47 Å². The Morgan fingerprint density at radius 1 is 1.29 bits per heavy atom. The van der Waals surface area contributed by atoms with Gasteiger partial charge in [0.05, 0.1) is 6.61 Å². The van der Waals surface area contributed by atoms with Crippen LogP contribution in [0.25, 0.3) is 0 Å². The lowest BCUT2D eigenvalue weighted by Crippen LogP contribution is -2.36. The largest absolute Gasteiger partial charge is 0.450 e. The fourth-order valence-corrected chi connectivity index (χ4v) is 1.04. The van der Waals surface area contributed by atoms with Crippen molar-refractivity contribution in [2.75, 3.05) is 47.0 Å². The summed E-state index contributed by atoms with van der Waals surface area (Å²) in [7, 11) is 3.57. The molecule has 0 fully saturated rings. The lowest BCUT2D eigenvalue weighted by atomic mass is 10.5. The fraction of sp³-hybridized carbons (Fsp3) is 0.917. The molecule has 0 aromatic heterocycles. The highest BCUT2D eigenvalue weighted by molar-refractivity contribution is 5.67. The minimum atomic E-state index is -0.227. The van der Waals surface area contributed by atoms with Gasteiger partial charge in [0, 0.05) is 33.4 Å². The van der Waals surface area contributed by atoms with Crippen LogP contribution in [0, 0.1) is 0 Å². The Kier molecular flexibility index (Phi) is 16.6. The maximum absolute atomic E-state index is 11.2. The number of rotatable bonds is 7. The van der Waals surface area contributed by atoms with E-state index < -0.39 is 0 Å². The number of methoxy groups -OCH3 is 1. The Morgan fingerprint density at radius 3 is 2.24 bits per heavy atom. The summed E-state index contributed by atoms with van der Waals surface area (Å²) in [5, 5.41) is 2.98. The van der Waals surface area contributed by atoms with E-state index in [0.29, 0.717) is 19.7 Å². The van der Waals surface area contributed by atoms with Crippen LogP contribution in [0.15, 0.2) is 0 Å². The highest BCUT2D eigenvalue weighted by atomic mass is 16.6. The van der Waals surface area contributed by atoms with E-state index in [-0.39, 0.29) is 6.09 Å². The van der Waals surface area contributed by atoms with E-state index in [1.165, 1.54) is 0 Å². The summed E-state index contributed by atoms with van der Waals surface area (Å²) in [6.07, 6.45) is 0.895. The van der Waals surface area contributed by atoms with Gasteiger partial charge in [0.1, 0.15) is 0 Å². The molecule has 104 valence electrons. The van der Waals surface area contributed by atoms with Gasteiger partial charge >= 0.3 is 6.09 Å². The van der Waals surface area contributed by atoms with Gasteiger partial charge in [-0.05, 0) is 27.3 Å². The molecule has 0 aromatic rings. The normalized spacial score (nSPS) is 9.24. The second kappa shape index (κ2) is 15.2. The molecular weight excluding hydrogens is 220 g/mol. The van der Waals surface area contributed by atoms with Gasteiger partial charge in [-0.3, -0.25) is 0 Å². The minimum absolute atomic E-state index is 0.227. The van der Waals surface area contributed by atoms with Gasteiger partial charge in [-0.25, -0.2) is 4.79 Å². The number of nitrogens with zero attached hydrogens (tertiary/aromatic N) is 1. The summed E-state index contributed by atoms with van der Waals surface area (Å²) in [4.78, 5) is 12.8. The van der Waals surface area contributed by atoms with Gasteiger partial charge in [0.15, 0.2) is 0 Å². The first-order valence-corrected chi connectivity index (χ1v) is 6.22. The van der Waals surface area contributed by atoms with Gasteiger partial charge in [0.25, 0.3) is 0 Å². The maximum atomic E-state index is 11.2. The van der Waals surface area contributed by atoms with Gasteiger partial charge in [-0.2, -0.15) is 0 Å². The highest BCUT2D eigenvalue weighted by Gasteiger charge is 2.10. The third-order valence-electron chi connectivity index (χ3n) is 1.95. The van der Waals surface area contributed by atoms with E-state index in [9.17, 15) is 4.79 Å². The molecule has 0 radical (unpaired) electrons. The van der Waals surface area contributed by atoms with Crippen molar-refractivity contribution in [3.05, 3.63) is 0 Å². The molecule has 0 spiro atoms. The highest BCUT2D eigenvalue weighted by Crippen LogP contribution is 1.92. The van der Waals surface area contributed by atoms with E-state index >= 15 is 0 Å². The molecule has 0 heterocycles. The Morgan fingerprint density at radius 2 is 1.94 bits per heavy atom. The zero-order valence-electron chi connectivity index (χ0n) is 11.9. The summed E-state index contributed by atoms with van der Waals surface area (Å²) < 4.78 is 9.54. The third-order valence-corrected chi connectivity index (χ3v) is 1.95. The van der Waals surface area contributed by atoms with Crippen molar-refractivity contribution in [3.8, 4) is 0 Å². The molecule has 0 saturated carbocycles. The number of hydrogen-bond acceptors (Lipinski definition) is 4. The van der Waals surface area contributed by atoms with Crippen LogP contribution >= 0.6 is 0 Å². The second-order valence-electron chi connectivity index (χ2n) is 3.37. The van der Waals surface area contributed by atoms with Crippen LogP contribution in [0.3, 0.4) is 0 Å². The van der Waals surface area contributed by atoms with Crippen molar-refractivity contribution in [2.45, 2.75) is 27.2 Å². The monoisotopic (exact) mass is 248 g/mol. The number of amides is 1. The molecule has 0 aliphatic heterocycles. The summed E-state index contributed by atoms with van der Waals surface area (Å²) in [6.45, 7) is 9.35. The number of ether oxygens (including phenoxy) is 2. The molecular formula is C12H28N2O3. The molecule has 0 atom stereocenters. The molecule has 5 heteroatoms. The van der Waals surface area contributed by atoms with Gasteiger partial charge in [-0.1, -0.05) is 6.92 Å². The van der Waals surface area contributed by atoms with Crippen LogP contribution in [0.4, 0.5) is 4.79 Å². The molecule has 1 N–H and O–H groups in total. The van der Waals surface area contributed by atoms with Crippen LogP contribution in [-0.4, -0.2) is 58.0 Å². The predicted octanol–water partition coefficient (Wildman–Crippen LogP) is 1.73. The van der Waals surface area contributed by atoms with Crippen molar-refractivity contribution in [3.63, 3.8) is 0 Å². The first-order valence-electron chi connectivity index (χ1n) is 6.22. The fourth-order valence-electron chi connectivity index (χ4n) is 1.04. The van der Waals surface area contributed by atoms with E-state index in [0.717, 1.165) is 19.6 Å². The van der Waals surface area contributed by atoms with Crippen LogP contribution in [0.5, 0.6) is 0 Å². The number of likely N-dealkylation sites (N-methyl/N-ethyl adjacent to an activating group) is 2. The summed E-state index contributed by atoms with van der Waals surface area (Å²) in [5.74, 6) is 0. The van der Waals surface area contributed by atoms with Crippen LogP contribution in [0.1, 0.15) is 27.2 Å². The van der Waals surface area contributed by atoms with E-state index in [1.54, 1.807) is 12.0 Å². The van der Waals surface area contributed by atoms with Crippen molar-refractivity contribution in [1.29, 1.82) is 0 Å². The molecule has 17 heavy (non-hydrogen) atoms. The average Bonchev–Trinajstić information content (AvgIpc) is 2.32. The average molecular weight is 248 g/mol. The molecule has 0 rings (SSSR count). The van der Waals surface area contributed by atoms with Crippen molar-refractivity contribution >= 4 is 6.09 Å². The maximum Gasteiger partial charge on any atom is 0.409 e. The van der Waals surface area contributed by atoms with Crippen LogP contribution in [-0.2, 0) is 9.47 Å². The number of carbonyl (C=O) groups is 1. The smallest absolute Gasteiger partial charge is 0.409 e. The molecule has 0 aromatic carbocycles. The lowest BCUT2D eigenvalue weighted by molar-refractivity contribution is 0.109. The molecule has 0 aliphatic rings. The van der Waals surface area contributed by atoms with Crippen LogP contribution in [0.2, 0.25) is 0 Å². The zero-order chi connectivity index (χ0) is 13.5. The van der Waals surface area contributed by atoms with Crippen molar-refractivity contribution in [2.24, 2.45) is 0 Å². The standard InChI is InChI=1S/C8H18N2O2.C4H10O/c1-4-10(7-6-9-3)8(11)12-5-2;1-3-4-5-2/h9H,4-7H2,1-3H3;3-4H2,1-2H3.